The van der Waals surface area contributed by atoms with Crippen molar-refractivity contribution >= 4 is 5.97 Å². The Morgan fingerprint density at radius 2 is 2.38 bits per heavy atom. The summed E-state index contributed by atoms with van der Waals surface area (Å²) in [5.41, 5.74) is 5.81. The Bertz CT molecular complexity index is 184. The normalized spacial score (nSPS) is 30.1. The standard InChI is InChI=1S/C9H18N2O2/c1-7-5-8(10)3-4-11(7)6-9(12)13-2/h7-8H,3-6,10H2,1-2H3. The lowest BCUT2D eigenvalue weighted by molar-refractivity contribution is -0.142. The highest BCUT2D eigenvalue weighted by Gasteiger charge is 2.24. The minimum atomic E-state index is -0.165. The van der Waals surface area contributed by atoms with Crippen molar-refractivity contribution in [1.29, 1.82) is 0 Å². The molecule has 1 heterocycles. The van der Waals surface area contributed by atoms with Gasteiger partial charge in [0.25, 0.3) is 0 Å². The molecule has 0 amide bonds. The molecular formula is C9H18N2O2. The van der Waals surface area contributed by atoms with Gasteiger partial charge in [0.05, 0.1) is 13.7 Å². The molecule has 76 valence electrons. The Hall–Kier alpha value is -0.610. The van der Waals surface area contributed by atoms with Crippen LogP contribution in [0.25, 0.3) is 0 Å². The van der Waals surface area contributed by atoms with Crippen molar-refractivity contribution in [2.24, 2.45) is 5.73 Å². The number of methoxy groups -OCH3 is 1. The second-order valence-corrected chi connectivity index (χ2v) is 3.68. The highest BCUT2D eigenvalue weighted by Crippen LogP contribution is 2.15. The summed E-state index contributed by atoms with van der Waals surface area (Å²) in [5, 5.41) is 0. The zero-order valence-corrected chi connectivity index (χ0v) is 8.32. The van der Waals surface area contributed by atoms with E-state index in [9.17, 15) is 4.79 Å². The number of nitrogens with zero attached hydrogens (tertiary/aromatic N) is 1. The van der Waals surface area contributed by atoms with Crippen molar-refractivity contribution in [1.82, 2.24) is 4.90 Å². The van der Waals surface area contributed by atoms with Gasteiger partial charge in [0.1, 0.15) is 0 Å². The lowest BCUT2D eigenvalue weighted by Gasteiger charge is -2.35. The first kappa shape index (κ1) is 10.5. The average Bonchev–Trinajstić information content (AvgIpc) is 2.09. The van der Waals surface area contributed by atoms with Crippen LogP contribution in [-0.2, 0) is 9.53 Å². The van der Waals surface area contributed by atoms with Gasteiger partial charge in [-0.05, 0) is 19.8 Å². The molecule has 0 saturated carbocycles. The van der Waals surface area contributed by atoms with Gasteiger partial charge < -0.3 is 10.5 Å². The number of carbonyl (C=O) groups is 1. The second-order valence-electron chi connectivity index (χ2n) is 3.68. The van der Waals surface area contributed by atoms with Gasteiger partial charge in [-0.25, -0.2) is 0 Å². The SMILES string of the molecule is COC(=O)CN1CCC(N)CC1C. The Kier molecular flexibility index (Phi) is 3.69. The lowest BCUT2D eigenvalue weighted by Crippen LogP contribution is -2.47. The number of hydrogen-bond donors (Lipinski definition) is 1. The second kappa shape index (κ2) is 4.58. The molecule has 2 atom stereocenters. The third kappa shape index (κ3) is 2.97. The van der Waals surface area contributed by atoms with E-state index >= 15 is 0 Å². The predicted octanol–water partition coefficient (Wildman–Crippen LogP) is -0.0290. The molecule has 0 aliphatic carbocycles. The number of esters is 1. The molecule has 1 aliphatic rings. The van der Waals surface area contributed by atoms with Crippen LogP contribution in [0.15, 0.2) is 0 Å². The maximum absolute atomic E-state index is 11.0. The zero-order valence-electron chi connectivity index (χ0n) is 8.32. The van der Waals surface area contributed by atoms with Crippen LogP contribution in [0.2, 0.25) is 0 Å². The van der Waals surface area contributed by atoms with Crippen molar-refractivity contribution in [3.8, 4) is 0 Å². The first-order valence-corrected chi connectivity index (χ1v) is 4.70. The predicted molar refractivity (Wildman–Crippen MR) is 50.3 cm³/mol. The van der Waals surface area contributed by atoms with Crippen LogP contribution in [0.3, 0.4) is 0 Å². The summed E-state index contributed by atoms with van der Waals surface area (Å²) < 4.78 is 4.62. The van der Waals surface area contributed by atoms with Crippen LogP contribution >= 0.6 is 0 Å². The monoisotopic (exact) mass is 186 g/mol. The van der Waals surface area contributed by atoms with E-state index < -0.39 is 0 Å². The molecule has 0 aromatic heterocycles. The summed E-state index contributed by atoms with van der Waals surface area (Å²) in [6, 6.07) is 0.687. The Morgan fingerprint density at radius 1 is 1.69 bits per heavy atom. The van der Waals surface area contributed by atoms with Crippen LogP contribution < -0.4 is 5.73 Å². The third-order valence-corrected chi connectivity index (χ3v) is 2.61. The quantitative estimate of drug-likeness (QED) is 0.615. The fourth-order valence-electron chi connectivity index (χ4n) is 1.72. The van der Waals surface area contributed by atoms with Crippen molar-refractivity contribution in [2.45, 2.75) is 31.8 Å². The summed E-state index contributed by atoms with van der Waals surface area (Å²) >= 11 is 0. The van der Waals surface area contributed by atoms with E-state index in [2.05, 4.69) is 16.6 Å². The van der Waals surface area contributed by atoms with Gasteiger partial charge in [0.2, 0.25) is 0 Å². The van der Waals surface area contributed by atoms with E-state index in [0.29, 0.717) is 18.6 Å². The van der Waals surface area contributed by atoms with Gasteiger partial charge in [-0.3, -0.25) is 9.69 Å². The highest BCUT2D eigenvalue weighted by molar-refractivity contribution is 5.71. The van der Waals surface area contributed by atoms with Crippen LogP contribution in [0.4, 0.5) is 0 Å². The van der Waals surface area contributed by atoms with Crippen LogP contribution in [0.5, 0.6) is 0 Å². The summed E-state index contributed by atoms with van der Waals surface area (Å²) in [7, 11) is 1.42. The number of nitrogens with two attached hydrogens (primary N) is 1. The van der Waals surface area contributed by atoms with E-state index in [1.54, 1.807) is 0 Å². The smallest absolute Gasteiger partial charge is 0.319 e. The van der Waals surface area contributed by atoms with Crippen molar-refractivity contribution in [3.05, 3.63) is 0 Å². The number of piperidine rings is 1. The molecule has 2 unspecified atom stereocenters. The molecule has 1 fully saturated rings. The molecule has 1 saturated heterocycles. The fraction of sp³-hybridized carbons (Fsp3) is 0.889. The molecule has 13 heavy (non-hydrogen) atoms. The molecule has 2 N–H and O–H groups in total. The lowest BCUT2D eigenvalue weighted by atomic mass is 9.99. The fourth-order valence-corrected chi connectivity index (χ4v) is 1.72. The maximum Gasteiger partial charge on any atom is 0.319 e. The molecule has 0 aromatic rings. The number of likely N-dealkylation sites (tertiary alicyclic amines) is 1. The van der Waals surface area contributed by atoms with Gasteiger partial charge >= 0.3 is 5.97 Å². The highest BCUT2D eigenvalue weighted by atomic mass is 16.5. The van der Waals surface area contributed by atoms with Gasteiger partial charge in [-0.15, -0.1) is 0 Å². The van der Waals surface area contributed by atoms with Crippen molar-refractivity contribution < 1.29 is 9.53 Å². The Labute approximate surface area is 79.0 Å². The minimum Gasteiger partial charge on any atom is -0.468 e. The molecule has 4 heteroatoms. The molecule has 4 nitrogen and oxygen atoms in total. The van der Waals surface area contributed by atoms with E-state index in [1.165, 1.54) is 7.11 Å². The minimum absolute atomic E-state index is 0.165. The van der Waals surface area contributed by atoms with Crippen LogP contribution in [0, 0.1) is 0 Å². The summed E-state index contributed by atoms with van der Waals surface area (Å²) in [6.45, 7) is 3.39. The molecule has 0 radical (unpaired) electrons. The van der Waals surface area contributed by atoms with Crippen molar-refractivity contribution in [3.63, 3.8) is 0 Å². The molecular weight excluding hydrogens is 168 g/mol. The van der Waals surface area contributed by atoms with Crippen LogP contribution in [0.1, 0.15) is 19.8 Å². The molecule has 1 aliphatic heterocycles. The topological polar surface area (TPSA) is 55.6 Å². The number of rotatable bonds is 2. The molecule has 0 spiro atoms. The van der Waals surface area contributed by atoms with E-state index in [0.717, 1.165) is 19.4 Å². The summed E-state index contributed by atoms with van der Waals surface area (Å²) in [4.78, 5) is 13.1. The first-order valence-electron chi connectivity index (χ1n) is 4.70. The van der Waals surface area contributed by atoms with Gasteiger partial charge in [-0.2, -0.15) is 0 Å². The van der Waals surface area contributed by atoms with Gasteiger partial charge in [0, 0.05) is 18.6 Å². The Morgan fingerprint density at radius 3 is 2.92 bits per heavy atom. The van der Waals surface area contributed by atoms with Crippen LogP contribution in [-0.4, -0.2) is 43.2 Å². The van der Waals surface area contributed by atoms with Gasteiger partial charge in [0.15, 0.2) is 0 Å². The first-order chi connectivity index (χ1) is 6.13. The maximum atomic E-state index is 11.0. The summed E-state index contributed by atoms with van der Waals surface area (Å²) in [6.07, 6.45) is 1.94. The number of carbonyl (C=O) groups excluding carboxylic acids is 1. The van der Waals surface area contributed by atoms with E-state index in [-0.39, 0.29) is 5.97 Å². The van der Waals surface area contributed by atoms with E-state index in [1.807, 2.05) is 0 Å². The molecule has 0 bridgehead atoms. The average molecular weight is 186 g/mol. The van der Waals surface area contributed by atoms with Gasteiger partial charge in [-0.1, -0.05) is 0 Å². The zero-order chi connectivity index (χ0) is 9.84. The van der Waals surface area contributed by atoms with Crippen molar-refractivity contribution in [2.75, 3.05) is 20.2 Å². The molecule has 1 rings (SSSR count). The van der Waals surface area contributed by atoms with E-state index in [4.69, 9.17) is 5.73 Å². The Balaban J connectivity index is 2.38. The third-order valence-electron chi connectivity index (χ3n) is 2.61. The summed E-state index contributed by atoms with van der Waals surface area (Å²) in [5.74, 6) is -0.165. The number of ether oxygens (including phenoxy) is 1. The number of hydrogen-bond acceptors (Lipinski definition) is 4. The molecule has 0 aromatic carbocycles. The largest absolute Gasteiger partial charge is 0.468 e.